The molecule has 0 saturated heterocycles. The van der Waals surface area contributed by atoms with Crippen molar-refractivity contribution in [2.24, 2.45) is 0 Å². The molecule has 0 aliphatic heterocycles. The summed E-state index contributed by atoms with van der Waals surface area (Å²) in [4.78, 5) is 11.5. The van der Waals surface area contributed by atoms with Crippen LogP contribution in [0, 0.1) is 0 Å². The Morgan fingerprint density at radius 1 is 1.73 bits per heavy atom. The smallest absolute Gasteiger partial charge is 0.234 e. The number of rotatable bonds is 5. The maximum absolute atomic E-state index is 11.5. The standard InChI is InChI=1S/C10H16N4O/c1-7(8-4-12-13-5-8)14-10(15)6-11-9-2-3-9/h4-5,7,9,11H,2-3,6H2,1H3,(H,12,13)(H,14,15). The Kier molecular flexibility index (Phi) is 3.01. The number of carbonyl (C=O) groups is 1. The largest absolute Gasteiger partial charge is 0.348 e. The highest BCUT2D eigenvalue weighted by Gasteiger charge is 2.21. The van der Waals surface area contributed by atoms with Gasteiger partial charge < -0.3 is 10.6 Å². The topological polar surface area (TPSA) is 69.8 Å². The van der Waals surface area contributed by atoms with E-state index >= 15 is 0 Å². The Balaban J connectivity index is 1.72. The van der Waals surface area contributed by atoms with Gasteiger partial charge in [-0.25, -0.2) is 0 Å². The Morgan fingerprint density at radius 2 is 2.53 bits per heavy atom. The molecule has 1 saturated carbocycles. The Labute approximate surface area is 88.6 Å². The van der Waals surface area contributed by atoms with Gasteiger partial charge in [0.25, 0.3) is 0 Å². The first-order valence-corrected chi connectivity index (χ1v) is 5.27. The van der Waals surface area contributed by atoms with Gasteiger partial charge in [-0.1, -0.05) is 0 Å². The van der Waals surface area contributed by atoms with Gasteiger partial charge in [0.15, 0.2) is 0 Å². The van der Waals surface area contributed by atoms with Gasteiger partial charge in [-0.3, -0.25) is 9.89 Å². The molecule has 2 rings (SSSR count). The first-order valence-electron chi connectivity index (χ1n) is 5.27. The van der Waals surface area contributed by atoms with E-state index in [1.807, 2.05) is 6.92 Å². The molecular weight excluding hydrogens is 192 g/mol. The van der Waals surface area contributed by atoms with E-state index in [0.29, 0.717) is 12.6 Å². The van der Waals surface area contributed by atoms with Gasteiger partial charge in [0.2, 0.25) is 5.91 Å². The summed E-state index contributed by atoms with van der Waals surface area (Å²) in [5, 5.41) is 12.6. The average molecular weight is 208 g/mol. The van der Waals surface area contributed by atoms with Crippen LogP contribution in [-0.2, 0) is 4.79 Å². The van der Waals surface area contributed by atoms with Crippen LogP contribution in [0.2, 0.25) is 0 Å². The molecule has 1 heterocycles. The second-order valence-electron chi connectivity index (χ2n) is 3.98. The van der Waals surface area contributed by atoms with Crippen LogP contribution in [0.25, 0.3) is 0 Å². The summed E-state index contributed by atoms with van der Waals surface area (Å²) in [6.45, 7) is 2.35. The lowest BCUT2D eigenvalue weighted by Gasteiger charge is -2.12. The van der Waals surface area contributed by atoms with E-state index in [4.69, 9.17) is 0 Å². The molecule has 0 radical (unpaired) electrons. The zero-order chi connectivity index (χ0) is 10.7. The van der Waals surface area contributed by atoms with Crippen LogP contribution < -0.4 is 10.6 Å². The molecule has 1 aromatic rings. The normalized spacial score (nSPS) is 17.4. The lowest BCUT2D eigenvalue weighted by Crippen LogP contribution is -2.36. The molecule has 5 nitrogen and oxygen atoms in total. The second-order valence-corrected chi connectivity index (χ2v) is 3.98. The molecule has 1 aromatic heterocycles. The average Bonchev–Trinajstić information content (AvgIpc) is 2.87. The van der Waals surface area contributed by atoms with Crippen LogP contribution >= 0.6 is 0 Å². The van der Waals surface area contributed by atoms with Gasteiger partial charge in [-0.05, 0) is 19.8 Å². The molecule has 0 bridgehead atoms. The molecule has 0 spiro atoms. The first kappa shape index (κ1) is 10.2. The van der Waals surface area contributed by atoms with E-state index < -0.39 is 0 Å². The molecule has 0 aromatic carbocycles. The number of nitrogens with one attached hydrogen (secondary N) is 3. The van der Waals surface area contributed by atoms with Crippen LogP contribution in [-0.4, -0.2) is 28.7 Å². The number of aromatic amines is 1. The Hall–Kier alpha value is -1.36. The number of H-pyrrole nitrogens is 1. The van der Waals surface area contributed by atoms with Crippen molar-refractivity contribution in [2.75, 3.05) is 6.54 Å². The van der Waals surface area contributed by atoms with Crippen molar-refractivity contribution < 1.29 is 4.79 Å². The highest BCUT2D eigenvalue weighted by molar-refractivity contribution is 5.78. The summed E-state index contributed by atoms with van der Waals surface area (Å²) in [7, 11) is 0. The Bertz CT molecular complexity index is 318. The third-order valence-electron chi connectivity index (χ3n) is 2.53. The molecule has 82 valence electrons. The number of hydrogen-bond donors (Lipinski definition) is 3. The number of carbonyl (C=O) groups excluding carboxylic acids is 1. The maximum Gasteiger partial charge on any atom is 0.234 e. The zero-order valence-electron chi connectivity index (χ0n) is 8.79. The molecule has 1 amide bonds. The maximum atomic E-state index is 11.5. The summed E-state index contributed by atoms with van der Waals surface area (Å²) in [5.41, 5.74) is 0.995. The highest BCUT2D eigenvalue weighted by Crippen LogP contribution is 2.18. The minimum atomic E-state index is 0.0113. The van der Waals surface area contributed by atoms with Gasteiger partial charge in [0.05, 0.1) is 18.8 Å². The van der Waals surface area contributed by atoms with Crippen molar-refractivity contribution in [3.63, 3.8) is 0 Å². The predicted octanol–water partition coefficient (Wildman–Crippen LogP) is 0.339. The van der Waals surface area contributed by atoms with Gasteiger partial charge in [0, 0.05) is 17.8 Å². The molecule has 1 aliphatic rings. The predicted molar refractivity (Wildman–Crippen MR) is 56.2 cm³/mol. The second kappa shape index (κ2) is 4.44. The number of hydrogen-bond acceptors (Lipinski definition) is 3. The third-order valence-corrected chi connectivity index (χ3v) is 2.53. The van der Waals surface area contributed by atoms with Gasteiger partial charge in [-0.15, -0.1) is 0 Å². The van der Waals surface area contributed by atoms with Crippen LogP contribution in [0.5, 0.6) is 0 Å². The van der Waals surface area contributed by atoms with E-state index in [0.717, 1.165) is 5.56 Å². The van der Waals surface area contributed by atoms with E-state index in [2.05, 4.69) is 20.8 Å². The van der Waals surface area contributed by atoms with Crippen molar-refractivity contribution >= 4 is 5.91 Å². The Morgan fingerprint density at radius 3 is 3.13 bits per heavy atom. The summed E-state index contributed by atoms with van der Waals surface area (Å²) in [6, 6.07) is 0.581. The fourth-order valence-corrected chi connectivity index (χ4v) is 1.40. The zero-order valence-corrected chi connectivity index (χ0v) is 8.79. The van der Waals surface area contributed by atoms with Crippen LogP contribution in [0.1, 0.15) is 31.4 Å². The lowest BCUT2D eigenvalue weighted by molar-refractivity contribution is -0.120. The summed E-state index contributed by atoms with van der Waals surface area (Å²) in [6.07, 6.45) is 5.91. The molecule has 1 unspecified atom stereocenters. The lowest BCUT2D eigenvalue weighted by atomic mass is 10.2. The van der Waals surface area contributed by atoms with E-state index in [-0.39, 0.29) is 11.9 Å². The quantitative estimate of drug-likeness (QED) is 0.653. The molecule has 5 heteroatoms. The van der Waals surface area contributed by atoms with Crippen molar-refractivity contribution in [3.8, 4) is 0 Å². The molecule has 1 aliphatic carbocycles. The highest BCUT2D eigenvalue weighted by atomic mass is 16.1. The van der Waals surface area contributed by atoms with Gasteiger partial charge >= 0.3 is 0 Å². The summed E-state index contributed by atoms with van der Waals surface area (Å²) in [5.74, 6) is 0.0376. The fourth-order valence-electron chi connectivity index (χ4n) is 1.40. The van der Waals surface area contributed by atoms with E-state index in [9.17, 15) is 4.79 Å². The van der Waals surface area contributed by atoms with Crippen molar-refractivity contribution in [2.45, 2.75) is 31.8 Å². The molecule has 15 heavy (non-hydrogen) atoms. The van der Waals surface area contributed by atoms with Crippen LogP contribution in [0.15, 0.2) is 12.4 Å². The number of amides is 1. The molecule has 1 atom stereocenters. The van der Waals surface area contributed by atoms with Crippen LogP contribution in [0.3, 0.4) is 0 Å². The SMILES string of the molecule is CC(NC(=O)CNC1CC1)c1cn[nH]c1. The summed E-state index contributed by atoms with van der Waals surface area (Å²) >= 11 is 0. The van der Waals surface area contributed by atoms with Gasteiger partial charge in [0.1, 0.15) is 0 Å². The third kappa shape index (κ3) is 3.06. The molecule has 1 fully saturated rings. The molecule has 3 N–H and O–H groups in total. The number of nitrogens with zero attached hydrogens (tertiary/aromatic N) is 1. The molecular formula is C10H16N4O. The summed E-state index contributed by atoms with van der Waals surface area (Å²) < 4.78 is 0. The number of aromatic nitrogens is 2. The first-order chi connectivity index (χ1) is 7.25. The van der Waals surface area contributed by atoms with Gasteiger partial charge in [-0.2, -0.15) is 5.10 Å². The monoisotopic (exact) mass is 208 g/mol. The van der Waals surface area contributed by atoms with Crippen molar-refractivity contribution in [3.05, 3.63) is 18.0 Å². The minimum Gasteiger partial charge on any atom is -0.348 e. The van der Waals surface area contributed by atoms with Crippen molar-refractivity contribution in [1.29, 1.82) is 0 Å². The van der Waals surface area contributed by atoms with Crippen LogP contribution in [0.4, 0.5) is 0 Å². The fraction of sp³-hybridized carbons (Fsp3) is 0.600. The van der Waals surface area contributed by atoms with Crippen molar-refractivity contribution in [1.82, 2.24) is 20.8 Å². The minimum absolute atomic E-state index is 0.0113. The van der Waals surface area contributed by atoms with E-state index in [1.165, 1.54) is 12.8 Å². The van der Waals surface area contributed by atoms with E-state index in [1.54, 1.807) is 12.4 Å².